The van der Waals surface area contributed by atoms with E-state index >= 15 is 0 Å². The van der Waals surface area contributed by atoms with Crippen molar-refractivity contribution in [3.05, 3.63) is 29.5 Å². The fraction of sp³-hybridized carbons (Fsp3) is 0.273. The molecule has 1 heterocycles. The number of hydrogen-bond acceptors (Lipinski definition) is 2. The maximum Gasteiger partial charge on any atom is 0.573 e. The lowest BCUT2D eigenvalue weighted by molar-refractivity contribution is -0.274. The Kier molecular flexibility index (Phi) is 2.33. The smallest absolute Gasteiger partial charge is 0.461 e. The average molecular weight is 230 g/mol. The van der Waals surface area contributed by atoms with Crippen LogP contribution in [0.3, 0.4) is 0 Å². The Bertz CT molecular complexity index is 526. The van der Waals surface area contributed by atoms with Gasteiger partial charge in [-0.05, 0) is 37.6 Å². The van der Waals surface area contributed by atoms with Gasteiger partial charge in [0.25, 0.3) is 0 Å². The molecule has 0 radical (unpaired) electrons. The number of aryl methyl sites for hydroxylation is 2. The van der Waals surface area contributed by atoms with Gasteiger partial charge in [0, 0.05) is 5.39 Å². The summed E-state index contributed by atoms with van der Waals surface area (Å²) in [4.78, 5) is 0. The minimum absolute atomic E-state index is 0.232. The quantitative estimate of drug-likeness (QED) is 0.740. The second-order valence-corrected chi connectivity index (χ2v) is 3.49. The topological polar surface area (TPSA) is 22.4 Å². The monoisotopic (exact) mass is 230 g/mol. The van der Waals surface area contributed by atoms with Crippen LogP contribution in [-0.4, -0.2) is 6.36 Å². The predicted octanol–water partition coefficient (Wildman–Crippen LogP) is 3.95. The number of halogens is 3. The third kappa shape index (κ3) is 1.98. The van der Waals surface area contributed by atoms with Gasteiger partial charge < -0.3 is 9.15 Å². The molecule has 0 saturated carbocycles. The summed E-state index contributed by atoms with van der Waals surface area (Å²) in [7, 11) is 0. The van der Waals surface area contributed by atoms with Crippen molar-refractivity contribution in [1.29, 1.82) is 0 Å². The van der Waals surface area contributed by atoms with E-state index < -0.39 is 6.36 Å². The number of hydrogen-bond donors (Lipinski definition) is 0. The number of ether oxygens (including phenoxy) is 1. The minimum atomic E-state index is -4.67. The Hall–Kier alpha value is -1.65. The molecule has 1 aromatic carbocycles. The Labute approximate surface area is 89.6 Å². The molecule has 2 nitrogen and oxygen atoms in total. The fourth-order valence-electron chi connectivity index (χ4n) is 1.52. The molecule has 2 aromatic rings. The maximum absolute atomic E-state index is 12.0. The molecule has 0 aliphatic rings. The molecule has 2 rings (SSSR count). The number of rotatable bonds is 1. The van der Waals surface area contributed by atoms with Crippen LogP contribution in [-0.2, 0) is 0 Å². The predicted molar refractivity (Wildman–Crippen MR) is 52.4 cm³/mol. The van der Waals surface area contributed by atoms with Crippen molar-refractivity contribution in [2.75, 3.05) is 0 Å². The highest BCUT2D eigenvalue weighted by Gasteiger charge is 2.31. The number of alkyl halides is 3. The summed E-state index contributed by atoms with van der Waals surface area (Å²) < 4.78 is 45.2. The van der Waals surface area contributed by atoms with E-state index in [-0.39, 0.29) is 5.75 Å². The van der Waals surface area contributed by atoms with Crippen LogP contribution in [0.25, 0.3) is 11.0 Å². The van der Waals surface area contributed by atoms with Gasteiger partial charge in [0.1, 0.15) is 17.1 Å². The van der Waals surface area contributed by atoms with Crippen molar-refractivity contribution in [2.24, 2.45) is 0 Å². The maximum atomic E-state index is 12.0. The summed E-state index contributed by atoms with van der Waals surface area (Å²) in [5.74, 6) is 0.461. The molecule has 5 heteroatoms. The van der Waals surface area contributed by atoms with Crippen LogP contribution in [0, 0.1) is 13.8 Å². The van der Waals surface area contributed by atoms with E-state index in [0.717, 1.165) is 5.56 Å². The van der Waals surface area contributed by atoms with E-state index in [1.807, 2.05) is 0 Å². The molecule has 0 fully saturated rings. The summed E-state index contributed by atoms with van der Waals surface area (Å²) in [6.07, 6.45) is -4.67. The van der Waals surface area contributed by atoms with Crippen LogP contribution in [0.4, 0.5) is 13.2 Å². The Balaban J connectivity index is 2.47. The Morgan fingerprint density at radius 2 is 1.88 bits per heavy atom. The second-order valence-electron chi connectivity index (χ2n) is 3.49. The minimum Gasteiger partial charge on any atom is -0.461 e. The summed E-state index contributed by atoms with van der Waals surface area (Å²) >= 11 is 0. The Morgan fingerprint density at radius 3 is 2.50 bits per heavy atom. The van der Waals surface area contributed by atoms with Crippen molar-refractivity contribution >= 4 is 11.0 Å². The lowest BCUT2D eigenvalue weighted by atomic mass is 10.1. The van der Waals surface area contributed by atoms with Crippen LogP contribution in [0.15, 0.2) is 22.6 Å². The summed E-state index contributed by atoms with van der Waals surface area (Å²) in [6, 6.07) is 4.03. The second kappa shape index (κ2) is 3.43. The van der Waals surface area contributed by atoms with Crippen molar-refractivity contribution in [1.82, 2.24) is 0 Å². The summed E-state index contributed by atoms with van der Waals surface area (Å²) in [5.41, 5.74) is 1.38. The fourth-order valence-corrected chi connectivity index (χ4v) is 1.52. The molecule has 0 spiro atoms. The van der Waals surface area contributed by atoms with Crippen LogP contribution in [0.1, 0.15) is 11.3 Å². The molecule has 0 aliphatic carbocycles. The molecule has 86 valence electrons. The third-order valence-electron chi connectivity index (χ3n) is 2.38. The average Bonchev–Trinajstić information content (AvgIpc) is 2.42. The Morgan fingerprint density at radius 1 is 1.19 bits per heavy atom. The van der Waals surface area contributed by atoms with Gasteiger partial charge >= 0.3 is 6.36 Å². The first-order valence-corrected chi connectivity index (χ1v) is 4.62. The molecule has 0 N–H and O–H groups in total. The van der Waals surface area contributed by atoms with Gasteiger partial charge in [-0.3, -0.25) is 0 Å². The van der Waals surface area contributed by atoms with Gasteiger partial charge in [-0.1, -0.05) is 0 Å². The zero-order valence-corrected chi connectivity index (χ0v) is 8.68. The van der Waals surface area contributed by atoms with Gasteiger partial charge in [0.2, 0.25) is 0 Å². The van der Waals surface area contributed by atoms with E-state index in [1.54, 1.807) is 13.8 Å². The van der Waals surface area contributed by atoms with Gasteiger partial charge in [-0.2, -0.15) is 0 Å². The van der Waals surface area contributed by atoms with Crippen molar-refractivity contribution in [2.45, 2.75) is 20.2 Å². The van der Waals surface area contributed by atoms with Crippen LogP contribution < -0.4 is 4.74 Å². The van der Waals surface area contributed by atoms with Crippen LogP contribution >= 0.6 is 0 Å². The van der Waals surface area contributed by atoms with Crippen molar-refractivity contribution < 1.29 is 22.3 Å². The largest absolute Gasteiger partial charge is 0.573 e. The normalized spacial score (nSPS) is 12.1. The molecule has 16 heavy (non-hydrogen) atoms. The molecule has 0 bridgehead atoms. The van der Waals surface area contributed by atoms with Crippen molar-refractivity contribution in [3.8, 4) is 5.75 Å². The third-order valence-corrected chi connectivity index (χ3v) is 2.38. The summed E-state index contributed by atoms with van der Waals surface area (Å²) in [5, 5.41) is 0.638. The first-order valence-electron chi connectivity index (χ1n) is 4.62. The highest BCUT2D eigenvalue weighted by atomic mass is 19.4. The van der Waals surface area contributed by atoms with Gasteiger partial charge in [0.05, 0.1) is 0 Å². The molecule has 0 aliphatic heterocycles. The number of fused-ring (bicyclic) bond motifs is 1. The van der Waals surface area contributed by atoms with E-state index in [9.17, 15) is 13.2 Å². The highest BCUT2D eigenvalue weighted by Crippen LogP contribution is 2.30. The van der Waals surface area contributed by atoms with E-state index in [2.05, 4.69) is 4.74 Å². The SMILES string of the molecule is Cc1oc2ccc(OC(F)(F)F)cc2c1C. The van der Waals surface area contributed by atoms with Gasteiger partial charge in [-0.25, -0.2) is 0 Å². The van der Waals surface area contributed by atoms with Gasteiger partial charge in [-0.15, -0.1) is 13.2 Å². The molecule has 0 saturated heterocycles. The molecule has 1 aromatic heterocycles. The van der Waals surface area contributed by atoms with E-state index in [4.69, 9.17) is 4.42 Å². The molecular formula is C11H9F3O2. The zero-order valence-electron chi connectivity index (χ0n) is 8.68. The zero-order chi connectivity index (χ0) is 11.9. The van der Waals surface area contributed by atoms with E-state index in [0.29, 0.717) is 16.7 Å². The van der Waals surface area contributed by atoms with Crippen molar-refractivity contribution in [3.63, 3.8) is 0 Å². The highest BCUT2D eigenvalue weighted by molar-refractivity contribution is 5.83. The first kappa shape index (κ1) is 10.9. The van der Waals surface area contributed by atoms with Crippen LogP contribution in [0.2, 0.25) is 0 Å². The molecular weight excluding hydrogens is 221 g/mol. The number of benzene rings is 1. The van der Waals surface area contributed by atoms with Crippen LogP contribution in [0.5, 0.6) is 5.75 Å². The van der Waals surface area contributed by atoms with Gasteiger partial charge in [0.15, 0.2) is 0 Å². The molecule has 0 atom stereocenters. The first-order chi connectivity index (χ1) is 7.37. The standard InChI is InChI=1S/C11H9F3O2/c1-6-7(2)15-10-4-3-8(5-9(6)10)16-11(12,13)14/h3-5H,1-2H3. The summed E-state index contributed by atoms with van der Waals surface area (Å²) in [6.45, 7) is 3.55. The molecule has 0 amide bonds. The lowest BCUT2D eigenvalue weighted by Gasteiger charge is -2.08. The molecule has 0 unspecified atom stereocenters. The number of furan rings is 1. The lowest BCUT2D eigenvalue weighted by Crippen LogP contribution is -2.16. The van der Waals surface area contributed by atoms with E-state index in [1.165, 1.54) is 18.2 Å².